The molecule has 2 saturated carbocycles. The molecule has 62 heavy (non-hydrogen) atoms. The Labute approximate surface area is 361 Å². The van der Waals surface area contributed by atoms with Crippen LogP contribution in [0.4, 0.5) is 9.59 Å². The number of imidazole rings is 2. The molecule has 14 nitrogen and oxygen atoms in total. The Balaban J connectivity index is 0.893. The van der Waals surface area contributed by atoms with Crippen LogP contribution in [0.5, 0.6) is 0 Å². The molecule has 6 atom stereocenters. The van der Waals surface area contributed by atoms with E-state index in [0.29, 0.717) is 12.5 Å². The van der Waals surface area contributed by atoms with Gasteiger partial charge in [-0.05, 0) is 101 Å². The number of amides is 4. The SMILES string of the molecule is COC(=O)NC(C(=O)N1[C@@H]2CCC(C2)[C@H]1c1ncc(-c2ccc3cc(-c4ccc(-c5cnc([C@@H]6CC7(CC7)CN6C(=O)[C@@H](NC(=O)OC)C(C)C)[nH]5)cc4)ccc3c2)[nH]1)C(C)C. The lowest BCUT2D eigenvalue weighted by atomic mass is 9.95. The molecule has 14 heteroatoms. The maximum Gasteiger partial charge on any atom is 0.407 e. The van der Waals surface area contributed by atoms with E-state index in [1.165, 1.54) is 14.2 Å². The minimum Gasteiger partial charge on any atom is -0.453 e. The lowest BCUT2D eigenvalue weighted by Crippen LogP contribution is -2.54. The topological polar surface area (TPSA) is 175 Å². The fourth-order valence-electron chi connectivity index (χ4n) is 10.2. The smallest absolute Gasteiger partial charge is 0.407 e. The number of nitrogens with zero attached hydrogens (tertiary/aromatic N) is 4. The van der Waals surface area contributed by atoms with Crippen molar-refractivity contribution in [1.29, 1.82) is 0 Å². The number of piperidine rings is 1. The average Bonchev–Trinajstić information content (AvgIpc) is 3.91. The monoisotopic (exact) mass is 840 g/mol. The van der Waals surface area contributed by atoms with E-state index in [1.54, 1.807) is 0 Å². The molecule has 4 heterocycles. The minimum absolute atomic E-state index is 0.0905. The molecule has 3 aromatic carbocycles. The number of ether oxygens (including phenoxy) is 2. The van der Waals surface area contributed by atoms with Crippen LogP contribution in [0.2, 0.25) is 0 Å². The zero-order chi connectivity index (χ0) is 43.4. The maximum atomic E-state index is 14.0. The number of carbonyl (C=O) groups is 4. The Morgan fingerprint density at radius 3 is 1.89 bits per heavy atom. The number of hydrogen-bond acceptors (Lipinski definition) is 8. The van der Waals surface area contributed by atoms with Gasteiger partial charge in [0.05, 0.1) is 50.1 Å². The van der Waals surface area contributed by atoms with Gasteiger partial charge >= 0.3 is 12.2 Å². The fourth-order valence-corrected chi connectivity index (χ4v) is 10.2. The molecule has 2 aliphatic carbocycles. The van der Waals surface area contributed by atoms with Crippen LogP contribution in [0.3, 0.4) is 0 Å². The number of aromatic nitrogens is 4. The summed E-state index contributed by atoms with van der Waals surface area (Å²) in [6.07, 6.45) is 8.43. The summed E-state index contributed by atoms with van der Waals surface area (Å²) in [5.74, 6) is 1.44. The fraction of sp³-hybridized carbons (Fsp3) is 0.458. The van der Waals surface area contributed by atoms with Gasteiger partial charge in [0.25, 0.3) is 0 Å². The molecular weight excluding hydrogens is 785 g/mol. The summed E-state index contributed by atoms with van der Waals surface area (Å²) in [5, 5.41) is 7.73. The van der Waals surface area contributed by atoms with Crippen LogP contribution < -0.4 is 10.6 Å². The predicted molar refractivity (Wildman–Crippen MR) is 234 cm³/mol. The standard InChI is InChI=1S/C48H56N8O6/c1-26(2)39(53-46(59)61-5)44(57)55-25-48(17-18-48)22-38(55)42-49-23-36(51-42)29-9-7-28(8-10-29)30-11-12-32-20-33(14-13-31(32)19-30)37-24-50-43(52-37)41-34-15-16-35(21-34)56(41)45(58)40(27(3)4)54-47(60)62-6/h7-14,19-20,23-24,26-27,34-35,38-41H,15-18,21-22,25H2,1-6H3,(H,49,51)(H,50,52)(H,53,59)(H,54,60)/t34?,35-,38+,39+,40?,41+/m1/s1. The number of carbonyl (C=O) groups excluding carboxylic acids is 4. The number of H-pyrrole nitrogens is 2. The molecule has 2 aliphatic heterocycles. The van der Waals surface area contributed by atoms with E-state index in [0.717, 1.165) is 94.6 Å². The van der Waals surface area contributed by atoms with Gasteiger partial charge in [-0.25, -0.2) is 19.6 Å². The van der Waals surface area contributed by atoms with Crippen LogP contribution in [-0.2, 0) is 19.1 Å². The Morgan fingerprint density at radius 1 is 0.710 bits per heavy atom. The average molecular weight is 841 g/mol. The number of aromatic amines is 2. The largest absolute Gasteiger partial charge is 0.453 e. The number of hydrogen-bond donors (Lipinski definition) is 4. The van der Waals surface area contributed by atoms with Gasteiger partial charge in [-0.2, -0.15) is 0 Å². The highest BCUT2D eigenvalue weighted by Gasteiger charge is 2.55. The van der Waals surface area contributed by atoms with E-state index in [9.17, 15) is 19.2 Å². The highest BCUT2D eigenvalue weighted by molar-refractivity contribution is 5.91. The summed E-state index contributed by atoms with van der Waals surface area (Å²) in [6, 6.07) is 19.7. The Bertz CT molecular complexity index is 2510. The van der Waals surface area contributed by atoms with E-state index in [4.69, 9.17) is 19.4 Å². The minimum atomic E-state index is -0.686. The van der Waals surface area contributed by atoms with Crippen LogP contribution in [0.25, 0.3) is 44.4 Å². The van der Waals surface area contributed by atoms with Crippen molar-refractivity contribution in [2.24, 2.45) is 23.2 Å². The highest BCUT2D eigenvalue weighted by Crippen LogP contribution is 2.58. The van der Waals surface area contributed by atoms with Crippen LogP contribution in [0.1, 0.15) is 90.0 Å². The third-order valence-corrected chi connectivity index (χ3v) is 13.8. The molecule has 324 valence electrons. The van der Waals surface area contributed by atoms with Crippen molar-refractivity contribution in [3.8, 4) is 33.6 Å². The van der Waals surface area contributed by atoms with Gasteiger partial charge < -0.3 is 39.9 Å². The second kappa shape index (κ2) is 16.3. The van der Waals surface area contributed by atoms with E-state index in [1.807, 2.05) is 49.9 Å². The van der Waals surface area contributed by atoms with Crippen molar-refractivity contribution in [2.75, 3.05) is 20.8 Å². The number of likely N-dealkylation sites (tertiary alicyclic amines) is 2. The lowest BCUT2D eigenvalue weighted by molar-refractivity contribution is -0.139. The predicted octanol–water partition coefficient (Wildman–Crippen LogP) is 8.15. The number of benzene rings is 3. The Hall–Kier alpha value is -6.18. The highest BCUT2D eigenvalue weighted by atomic mass is 16.5. The van der Waals surface area contributed by atoms with E-state index >= 15 is 0 Å². The maximum absolute atomic E-state index is 14.0. The molecule has 4 aliphatic rings. The zero-order valence-electron chi connectivity index (χ0n) is 36.2. The molecule has 5 aromatic rings. The number of rotatable bonds is 11. The normalized spacial score (nSPS) is 22.1. The number of alkyl carbamates (subject to hydrolysis) is 2. The van der Waals surface area contributed by atoms with Crippen molar-refractivity contribution >= 4 is 34.8 Å². The first-order chi connectivity index (χ1) is 29.8. The Kier molecular flexibility index (Phi) is 10.8. The van der Waals surface area contributed by atoms with Gasteiger partial charge in [0.15, 0.2) is 0 Å². The molecule has 9 rings (SSSR count). The van der Waals surface area contributed by atoms with Gasteiger partial charge in [0.2, 0.25) is 11.8 Å². The summed E-state index contributed by atoms with van der Waals surface area (Å²) in [4.78, 5) is 72.7. The summed E-state index contributed by atoms with van der Waals surface area (Å²) in [6.45, 7) is 8.37. The summed E-state index contributed by atoms with van der Waals surface area (Å²) in [7, 11) is 2.62. The third kappa shape index (κ3) is 7.68. The molecular formula is C48H56N8O6. The first-order valence-electron chi connectivity index (χ1n) is 21.9. The molecule has 2 aromatic heterocycles. The van der Waals surface area contributed by atoms with Crippen molar-refractivity contribution in [1.82, 2.24) is 40.4 Å². The van der Waals surface area contributed by atoms with Crippen LogP contribution in [-0.4, -0.2) is 92.6 Å². The van der Waals surface area contributed by atoms with Crippen LogP contribution in [0, 0.1) is 23.2 Å². The number of nitrogens with one attached hydrogen (secondary N) is 4. The zero-order valence-corrected chi connectivity index (χ0v) is 36.2. The molecule has 1 spiro atoms. The van der Waals surface area contributed by atoms with Crippen molar-refractivity contribution in [3.05, 3.63) is 84.7 Å². The first-order valence-corrected chi connectivity index (χ1v) is 21.9. The van der Waals surface area contributed by atoms with Gasteiger partial charge in [-0.3, -0.25) is 9.59 Å². The summed E-state index contributed by atoms with van der Waals surface area (Å²) < 4.78 is 9.65. The second-order valence-electron chi connectivity index (χ2n) is 18.5. The van der Waals surface area contributed by atoms with Crippen molar-refractivity contribution < 1.29 is 28.7 Å². The number of fused-ring (bicyclic) bond motifs is 3. The van der Waals surface area contributed by atoms with E-state index in [2.05, 4.69) is 81.3 Å². The molecule has 0 radical (unpaired) electrons. The number of methoxy groups -OCH3 is 2. The second-order valence-corrected chi connectivity index (χ2v) is 18.5. The van der Waals surface area contributed by atoms with E-state index in [-0.39, 0.29) is 47.2 Å². The molecule has 2 saturated heterocycles. The summed E-state index contributed by atoms with van der Waals surface area (Å²) >= 11 is 0. The van der Waals surface area contributed by atoms with Crippen LogP contribution in [0.15, 0.2) is 73.1 Å². The van der Waals surface area contributed by atoms with Gasteiger partial charge in [0.1, 0.15) is 23.7 Å². The lowest BCUT2D eigenvalue weighted by Gasteiger charge is -2.37. The molecule has 2 unspecified atom stereocenters. The van der Waals surface area contributed by atoms with E-state index < -0.39 is 24.3 Å². The van der Waals surface area contributed by atoms with Gasteiger partial charge in [0, 0.05) is 18.2 Å². The summed E-state index contributed by atoms with van der Waals surface area (Å²) in [5.41, 5.74) is 6.09. The molecule has 2 bridgehead atoms. The van der Waals surface area contributed by atoms with Gasteiger partial charge in [-0.15, -0.1) is 0 Å². The Morgan fingerprint density at radius 2 is 1.26 bits per heavy atom. The first kappa shape index (κ1) is 41.2. The third-order valence-electron chi connectivity index (χ3n) is 13.8. The van der Waals surface area contributed by atoms with Gasteiger partial charge in [-0.1, -0.05) is 76.2 Å². The van der Waals surface area contributed by atoms with Crippen molar-refractivity contribution in [2.45, 2.75) is 96.4 Å². The molecule has 4 amide bonds. The van der Waals surface area contributed by atoms with Crippen LogP contribution >= 0.6 is 0 Å². The quantitative estimate of drug-likeness (QED) is 0.103. The molecule has 4 N–H and O–H groups in total. The van der Waals surface area contributed by atoms with Crippen molar-refractivity contribution in [3.63, 3.8) is 0 Å². The molecule has 4 fully saturated rings.